The van der Waals surface area contributed by atoms with Gasteiger partial charge in [0.1, 0.15) is 10.2 Å². The van der Waals surface area contributed by atoms with Gasteiger partial charge in [0, 0.05) is 26.3 Å². The van der Waals surface area contributed by atoms with Gasteiger partial charge in [0.25, 0.3) is 0 Å². The first-order valence-electron chi connectivity index (χ1n) is 6.76. The van der Waals surface area contributed by atoms with E-state index in [-0.39, 0.29) is 0 Å². The Hall–Kier alpha value is -1.77. The fourth-order valence-electron chi connectivity index (χ4n) is 1.68. The molecule has 0 atom stereocenters. The number of halogens is 1. The van der Waals surface area contributed by atoms with Crippen LogP contribution >= 0.6 is 15.9 Å². The van der Waals surface area contributed by atoms with E-state index in [2.05, 4.69) is 26.2 Å². The van der Waals surface area contributed by atoms with Crippen LogP contribution in [0.15, 0.2) is 15.8 Å². The van der Waals surface area contributed by atoms with Crippen LogP contribution in [0.25, 0.3) is 0 Å². The molecule has 8 nitrogen and oxygen atoms in total. The summed E-state index contributed by atoms with van der Waals surface area (Å²) in [7, 11) is 1.76. The van der Waals surface area contributed by atoms with E-state index < -0.39 is 17.8 Å². The fraction of sp³-hybridized carbons (Fsp3) is 0.615. The van der Waals surface area contributed by atoms with Gasteiger partial charge < -0.3 is 24.3 Å². The van der Waals surface area contributed by atoms with Crippen molar-refractivity contribution in [2.75, 3.05) is 6.54 Å². The summed E-state index contributed by atoms with van der Waals surface area (Å²) < 4.78 is 9.40. The standard InChI is InChI=1S/C13H21BrN4O4/c1-13(2,3)22-12(21)16-10-17(4)9(14)8-18(10)7-5-6-15-11(19)20/h8,15H,5-7H2,1-4H3,(H,19,20). The topological polar surface area (TPSA) is 97.9 Å². The lowest BCUT2D eigenvalue weighted by atomic mass is 10.2. The van der Waals surface area contributed by atoms with Gasteiger partial charge >= 0.3 is 12.2 Å². The number of imidazole rings is 1. The van der Waals surface area contributed by atoms with E-state index in [4.69, 9.17) is 9.84 Å². The van der Waals surface area contributed by atoms with E-state index in [1.165, 1.54) is 0 Å². The summed E-state index contributed by atoms with van der Waals surface area (Å²) in [6.07, 6.45) is 0.630. The third-order valence-corrected chi connectivity index (χ3v) is 3.31. The van der Waals surface area contributed by atoms with Crippen LogP contribution in [0.2, 0.25) is 0 Å². The Kier molecular flexibility index (Phi) is 6.21. The molecule has 1 aromatic heterocycles. The van der Waals surface area contributed by atoms with Crippen LogP contribution in [0, 0.1) is 0 Å². The van der Waals surface area contributed by atoms with Crippen molar-refractivity contribution >= 4 is 28.1 Å². The Morgan fingerprint density at radius 3 is 2.64 bits per heavy atom. The SMILES string of the molecule is Cn1c(Br)cn(CCCNC(=O)O)c1=NC(=O)OC(C)(C)C. The number of carboxylic acid groups (broad SMARTS) is 1. The minimum atomic E-state index is -1.06. The number of rotatable bonds is 4. The van der Waals surface area contributed by atoms with Crippen LogP contribution in [-0.4, -0.2) is 38.6 Å². The second-order valence-electron chi connectivity index (χ2n) is 5.68. The molecule has 0 aliphatic carbocycles. The largest absolute Gasteiger partial charge is 0.465 e. The zero-order chi connectivity index (χ0) is 16.9. The van der Waals surface area contributed by atoms with Crippen molar-refractivity contribution in [3.8, 4) is 0 Å². The minimum absolute atomic E-state index is 0.320. The highest BCUT2D eigenvalue weighted by atomic mass is 79.9. The molecule has 0 aliphatic heterocycles. The van der Waals surface area contributed by atoms with E-state index >= 15 is 0 Å². The second-order valence-corrected chi connectivity index (χ2v) is 6.49. The number of nitrogens with one attached hydrogen (secondary N) is 1. The highest BCUT2D eigenvalue weighted by Crippen LogP contribution is 2.09. The Labute approximate surface area is 136 Å². The summed E-state index contributed by atoms with van der Waals surface area (Å²) in [4.78, 5) is 26.2. The normalized spacial score (nSPS) is 12.3. The smallest absolute Gasteiger partial charge is 0.437 e. The number of amides is 2. The number of aryl methyl sites for hydroxylation is 1. The first kappa shape index (κ1) is 18.3. The lowest BCUT2D eigenvalue weighted by molar-refractivity contribution is 0.0593. The van der Waals surface area contributed by atoms with Gasteiger partial charge in [-0.2, -0.15) is 0 Å². The summed E-state index contributed by atoms with van der Waals surface area (Å²) >= 11 is 3.37. The highest BCUT2D eigenvalue weighted by molar-refractivity contribution is 9.10. The fourth-order valence-corrected chi connectivity index (χ4v) is 2.08. The van der Waals surface area contributed by atoms with E-state index in [0.29, 0.717) is 25.1 Å². The van der Waals surface area contributed by atoms with Gasteiger partial charge in [0.2, 0.25) is 5.62 Å². The molecule has 124 valence electrons. The number of hydrogen-bond acceptors (Lipinski definition) is 3. The van der Waals surface area contributed by atoms with Gasteiger partial charge in [-0.3, -0.25) is 0 Å². The van der Waals surface area contributed by atoms with Crippen LogP contribution < -0.4 is 10.9 Å². The van der Waals surface area contributed by atoms with Gasteiger partial charge in [-0.1, -0.05) is 0 Å². The average molecular weight is 377 g/mol. The monoisotopic (exact) mass is 376 g/mol. The van der Waals surface area contributed by atoms with Crippen molar-refractivity contribution in [3.63, 3.8) is 0 Å². The minimum Gasteiger partial charge on any atom is -0.465 e. The zero-order valence-corrected chi connectivity index (χ0v) is 14.7. The van der Waals surface area contributed by atoms with Crippen molar-refractivity contribution in [1.29, 1.82) is 0 Å². The molecular weight excluding hydrogens is 356 g/mol. The average Bonchev–Trinajstić information content (AvgIpc) is 2.60. The molecule has 0 radical (unpaired) electrons. The number of carbonyl (C=O) groups excluding carboxylic acids is 1. The molecule has 0 bridgehead atoms. The number of ether oxygens (including phenoxy) is 1. The molecule has 0 saturated carbocycles. The molecule has 0 saturated heterocycles. The van der Waals surface area contributed by atoms with Gasteiger partial charge in [-0.25, -0.2) is 9.59 Å². The first-order chi connectivity index (χ1) is 10.1. The van der Waals surface area contributed by atoms with Gasteiger partial charge in [-0.15, -0.1) is 4.99 Å². The summed E-state index contributed by atoms with van der Waals surface area (Å²) in [5, 5.41) is 10.8. The van der Waals surface area contributed by atoms with E-state index in [9.17, 15) is 9.59 Å². The number of aromatic nitrogens is 2. The Balaban J connectivity index is 2.89. The highest BCUT2D eigenvalue weighted by Gasteiger charge is 2.16. The molecule has 0 aliphatic rings. The number of hydrogen-bond donors (Lipinski definition) is 2. The van der Waals surface area contributed by atoms with Crippen molar-refractivity contribution < 1.29 is 19.4 Å². The predicted octanol–water partition coefficient (Wildman–Crippen LogP) is 2.08. The summed E-state index contributed by atoms with van der Waals surface area (Å²) in [5.74, 6) is 0. The van der Waals surface area contributed by atoms with Crippen LogP contribution in [0.1, 0.15) is 27.2 Å². The lowest BCUT2D eigenvalue weighted by Gasteiger charge is -2.17. The second kappa shape index (κ2) is 7.48. The van der Waals surface area contributed by atoms with Crippen molar-refractivity contribution in [1.82, 2.24) is 14.5 Å². The third kappa shape index (κ3) is 5.92. The molecule has 1 aromatic rings. The zero-order valence-electron chi connectivity index (χ0n) is 13.1. The van der Waals surface area contributed by atoms with Crippen molar-refractivity contribution in [2.45, 2.75) is 39.3 Å². The maximum atomic E-state index is 11.8. The van der Waals surface area contributed by atoms with Crippen LogP contribution in [0.4, 0.5) is 9.59 Å². The Morgan fingerprint density at radius 2 is 2.09 bits per heavy atom. The maximum absolute atomic E-state index is 11.8. The van der Waals surface area contributed by atoms with Gasteiger partial charge in [0.05, 0.1) is 0 Å². The number of carbonyl (C=O) groups is 2. The van der Waals surface area contributed by atoms with Crippen LogP contribution in [0.5, 0.6) is 0 Å². The molecule has 0 unspecified atom stereocenters. The molecule has 9 heteroatoms. The first-order valence-corrected chi connectivity index (χ1v) is 7.55. The quantitative estimate of drug-likeness (QED) is 0.785. The molecule has 0 aromatic carbocycles. The molecule has 2 N–H and O–H groups in total. The molecule has 0 spiro atoms. The lowest BCUT2D eigenvalue weighted by Crippen LogP contribution is -2.30. The Bertz CT molecular complexity index is 613. The van der Waals surface area contributed by atoms with Crippen molar-refractivity contribution in [2.24, 2.45) is 12.0 Å². The molecule has 1 rings (SSSR count). The van der Waals surface area contributed by atoms with Crippen LogP contribution in [0.3, 0.4) is 0 Å². The van der Waals surface area contributed by atoms with Crippen molar-refractivity contribution in [3.05, 3.63) is 16.4 Å². The van der Waals surface area contributed by atoms with Crippen LogP contribution in [-0.2, 0) is 18.3 Å². The predicted molar refractivity (Wildman–Crippen MR) is 83.5 cm³/mol. The van der Waals surface area contributed by atoms with Gasteiger partial charge in [-0.05, 0) is 43.1 Å². The van der Waals surface area contributed by atoms with E-state index in [1.807, 2.05) is 0 Å². The molecule has 22 heavy (non-hydrogen) atoms. The number of nitrogens with zero attached hydrogens (tertiary/aromatic N) is 3. The summed E-state index contributed by atoms with van der Waals surface area (Å²) in [5.41, 5.74) is -0.185. The molecular formula is C13H21BrN4O4. The molecule has 0 fully saturated rings. The Morgan fingerprint density at radius 1 is 1.45 bits per heavy atom. The van der Waals surface area contributed by atoms with Gasteiger partial charge in [0.15, 0.2) is 0 Å². The third-order valence-electron chi connectivity index (χ3n) is 2.58. The summed E-state index contributed by atoms with van der Waals surface area (Å²) in [6.45, 7) is 6.15. The van der Waals surface area contributed by atoms with E-state index in [1.54, 1.807) is 43.1 Å². The summed E-state index contributed by atoms with van der Waals surface area (Å²) in [6, 6.07) is 0. The molecule has 2 amide bonds. The molecule has 1 heterocycles. The maximum Gasteiger partial charge on any atom is 0.437 e. The van der Waals surface area contributed by atoms with E-state index in [0.717, 1.165) is 4.60 Å².